The van der Waals surface area contributed by atoms with Crippen LogP contribution >= 0.6 is 0 Å². The Bertz CT molecular complexity index is 909. The van der Waals surface area contributed by atoms with Crippen LogP contribution < -0.4 is 4.74 Å². The maximum absolute atomic E-state index is 5.79. The van der Waals surface area contributed by atoms with E-state index in [0.717, 1.165) is 35.4 Å². The summed E-state index contributed by atoms with van der Waals surface area (Å²) >= 11 is 0. The van der Waals surface area contributed by atoms with E-state index in [2.05, 4.69) is 51.1 Å². The third-order valence-electron chi connectivity index (χ3n) is 4.42. The molecule has 0 spiro atoms. The molecule has 0 N–H and O–H groups in total. The molecule has 0 fully saturated rings. The smallest absolute Gasteiger partial charge is 0.119 e. The van der Waals surface area contributed by atoms with Crippen molar-refractivity contribution in [3.8, 4) is 5.75 Å². The molecule has 3 rings (SSSR count). The molecule has 0 unspecified atom stereocenters. The molecule has 0 atom stereocenters. The lowest BCUT2D eigenvalue weighted by molar-refractivity contribution is 0.306. The van der Waals surface area contributed by atoms with Gasteiger partial charge < -0.3 is 4.74 Å². The molecule has 0 heterocycles. The largest absolute Gasteiger partial charge is 0.489 e. The second-order valence-corrected chi connectivity index (χ2v) is 7.51. The predicted molar refractivity (Wildman–Crippen MR) is 147 cm³/mol. The fourth-order valence-electron chi connectivity index (χ4n) is 2.58. The first-order valence-corrected chi connectivity index (χ1v) is 11.8. The van der Waals surface area contributed by atoms with Gasteiger partial charge >= 0.3 is 0 Å². The molecule has 174 valence electrons. The molecule has 0 aliphatic heterocycles. The molecular formula is C31H39NO. The Balaban J connectivity index is 0.000000409. The number of hydrogen-bond donors (Lipinski definition) is 0. The van der Waals surface area contributed by atoms with Gasteiger partial charge in [0.05, 0.1) is 0 Å². The molecular weight excluding hydrogens is 402 g/mol. The number of aliphatic imine (C=N–C) groups is 1. The van der Waals surface area contributed by atoms with Crippen molar-refractivity contribution in [1.82, 2.24) is 0 Å². The number of rotatable bonds is 9. The minimum atomic E-state index is 0.571. The van der Waals surface area contributed by atoms with Crippen LogP contribution in [-0.2, 0) is 6.61 Å². The van der Waals surface area contributed by atoms with Gasteiger partial charge in [0.15, 0.2) is 0 Å². The monoisotopic (exact) mass is 441 g/mol. The van der Waals surface area contributed by atoms with E-state index in [1.807, 2.05) is 85.1 Å². The van der Waals surface area contributed by atoms with E-state index in [-0.39, 0.29) is 0 Å². The highest BCUT2D eigenvalue weighted by Gasteiger charge is 1.97. The summed E-state index contributed by atoms with van der Waals surface area (Å²) in [5.41, 5.74) is 4.55. The van der Waals surface area contributed by atoms with E-state index in [1.54, 1.807) is 0 Å². The SMILES string of the molecule is C=Cc1ccc(COc2ccc(C=NCCCC)cc2)cc1.C=Cc1ccccc1.CCC. The molecule has 0 aliphatic rings. The second-order valence-electron chi connectivity index (χ2n) is 7.51. The van der Waals surface area contributed by atoms with Crippen LogP contribution in [0.1, 0.15) is 62.3 Å². The van der Waals surface area contributed by atoms with Gasteiger partial charge in [-0.05, 0) is 52.9 Å². The summed E-state index contributed by atoms with van der Waals surface area (Å²) in [6, 6.07) is 26.3. The standard InChI is InChI=1S/C20H23NO.C8H8.C3H8/c1-3-5-14-21-15-18-10-12-20(13-11-18)22-16-19-8-6-17(4-2)7-9-19;1-2-8-6-4-3-5-7-8;1-3-2/h4,6-13,15H,2-3,5,14,16H2,1H3;2-7H,1H2;3H2,1-2H3. The summed E-state index contributed by atoms with van der Waals surface area (Å²) in [7, 11) is 0. The lowest BCUT2D eigenvalue weighted by atomic mass is 10.1. The molecule has 3 aromatic carbocycles. The fraction of sp³-hybridized carbons (Fsp3) is 0.258. The zero-order valence-corrected chi connectivity index (χ0v) is 20.5. The number of unbranched alkanes of at least 4 members (excludes halogenated alkanes) is 1. The lowest BCUT2D eigenvalue weighted by Gasteiger charge is -2.07. The molecule has 3 aromatic rings. The maximum Gasteiger partial charge on any atom is 0.119 e. The molecule has 0 bridgehead atoms. The quantitative estimate of drug-likeness (QED) is 0.240. The van der Waals surface area contributed by atoms with Gasteiger partial charge in [0, 0.05) is 12.8 Å². The topological polar surface area (TPSA) is 21.6 Å². The number of nitrogens with zero attached hydrogens (tertiary/aromatic N) is 1. The summed E-state index contributed by atoms with van der Waals surface area (Å²) in [5.74, 6) is 0.874. The average Bonchev–Trinajstić information content (AvgIpc) is 2.88. The van der Waals surface area contributed by atoms with E-state index in [1.165, 1.54) is 18.4 Å². The Morgan fingerprint density at radius 3 is 1.79 bits per heavy atom. The van der Waals surface area contributed by atoms with Crippen molar-refractivity contribution in [2.45, 2.75) is 46.6 Å². The first kappa shape index (κ1) is 27.6. The molecule has 0 amide bonds. The molecule has 0 aliphatic carbocycles. The minimum absolute atomic E-state index is 0.571. The summed E-state index contributed by atoms with van der Waals surface area (Å²) in [4.78, 5) is 4.40. The highest BCUT2D eigenvalue weighted by atomic mass is 16.5. The Labute approximate surface area is 201 Å². The maximum atomic E-state index is 5.79. The highest BCUT2D eigenvalue weighted by molar-refractivity contribution is 5.79. The van der Waals surface area contributed by atoms with Crippen LogP contribution in [0.3, 0.4) is 0 Å². The molecule has 33 heavy (non-hydrogen) atoms. The van der Waals surface area contributed by atoms with Crippen LogP contribution in [0, 0.1) is 0 Å². The van der Waals surface area contributed by atoms with Gasteiger partial charge in [0.2, 0.25) is 0 Å². The van der Waals surface area contributed by atoms with Gasteiger partial charge in [-0.3, -0.25) is 4.99 Å². The van der Waals surface area contributed by atoms with E-state index >= 15 is 0 Å². The Hall–Kier alpha value is -3.39. The first-order valence-electron chi connectivity index (χ1n) is 11.8. The fourth-order valence-corrected chi connectivity index (χ4v) is 2.58. The van der Waals surface area contributed by atoms with Crippen LogP contribution in [0.2, 0.25) is 0 Å². The van der Waals surface area contributed by atoms with Crippen molar-refractivity contribution < 1.29 is 4.74 Å². The Morgan fingerprint density at radius 2 is 1.27 bits per heavy atom. The van der Waals surface area contributed by atoms with Crippen molar-refractivity contribution in [2.24, 2.45) is 4.99 Å². The summed E-state index contributed by atoms with van der Waals surface area (Å²) in [6.07, 6.45) is 9.17. The van der Waals surface area contributed by atoms with E-state index < -0.39 is 0 Å². The first-order chi connectivity index (χ1) is 16.2. The molecule has 2 nitrogen and oxygen atoms in total. The number of benzene rings is 3. The Morgan fingerprint density at radius 1 is 0.727 bits per heavy atom. The summed E-state index contributed by atoms with van der Waals surface area (Å²) in [6.45, 7) is 15.3. The molecule has 0 saturated carbocycles. The normalized spacial score (nSPS) is 9.79. The lowest BCUT2D eigenvalue weighted by Crippen LogP contribution is -1.95. The van der Waals surface area contributed by atoms with Gasteiger partial charge in [-0.15, -0.1) is 0 Å². The van der Waals surface area contributed by atoms with Crippen molar-refractivity contribution in [1.29, 1.82) is 0 Å². The molecule has 0 saturated heterocycles. The van der Waals surface area contributed by atoms with E-state index in [4.69, 9.17) is 4.74 Å². The van der Waals surface area contributed by atoms with Crippen LogP contribution in [0.25, 0.3) is 12.2 Å². The van der Waals surface area contributed by atoms with Gasteiger partial charge in [0.1, 0.15) is 12.4 Å². The van der Waals surface area contributed by atoms with Crippen LogP contribution in [0.4, 0.5) is 0 Å². The van der Waals surface area contributed by atoms with Crippen molar-refractivity contribution >= 4 is 18.4 Å². The third kappa shape index (κ3) is 12.9. The van der Waals surface area contributed by atoms with E-state index in [9.17, 15) is 0 Å². The van der Waals surface area contributed by atoms with Gasteiger partial charge in [-0.2, -0.15) is 0 Å². The summed E-state index contributed by atoms with van der Waals surface area (Å²) < 4.78 is 5.79. The van der Waals surface area contributed by atoms with E-state index in [0.29, 0.717) is 6.61 Å². The number of ether oxygens (including phenoxy) is 1. The summed E-state index contributed by atoms with van der Waals surface area (Å²) in [5, 5.41) is 0. The predicted octanol–water partition coefficient (Wildman–Crippen LogP) is 8.87. The highest BCUT2D eigenvalue weighted by Crippen LogP contribution is 2.14. The zero-order chi connectivity index (χ0) is 24.2. The average molecular weight is 442 g/mol. The Kier molecular flexibility index (Phi) is 15.3. The van der Waals surface area contributed by atoms with Crippen LogP contribution in [0.5, 0.6) is 5.75 Å². The van der Waals surface area contributed by atoms with Crippen molar-refractivity contribution in [3.05, 3.63) is 114 Å². The zero-order valence-electron chi connectivity index (χ0n) is 20.5. The molecule has 2 heteroatoms. The minimum Gasteiger partial charge on any atom is -0.489 e. The van der Waals surface area contributed by atoms with Crippen molar-refractivity contribution in [2.75, 3.05) is 6.54 Å². The molecule has 0 aromatic heterocycles. The van der Waals surface area contributed by atoms with Crippen molar-refractivity contribution in [3.63, 3.8) is 0 Å². The van der Waals surface area contributed by atoms with Gasteiger partial charge in [0.25, 0.3) is 0 Å². The van der Waals surface area contributed by atoms with Crippen LogP contribution in [-0.4, -0.2) is 12.8 Å². The van der Waals surface area contributed by atoms with Gasteiger partial charge in [-0.1, -0.05) is 114 Å². The third-order valence-corrected chi connectivity index (χ3v) is 4.42. The second kappa shape index (κ2) is 18.2. The van der Waals surface area contributed by atoms with Gasteiger partial charge in [-0.25, -0.2) is 0 Å². The molecule has 0 radical (unpaired) electrons. The number of hydrogen-bond acceptors (Lipinski definition) is 2. The van der Waals surface area contributed by atoms with Crippen LogP contribution in [0.15, 0.2) is 97.0 Å².